The molecule has 0 spiro atoms. The highest BCUT2D eigenvalue weighted by Crippen LogP contribution is 2.33. The highest BCUT2D eigenvalue weighted by Gasteiger charge is 2.34. The molecule has 1 amide bonds. The predicted molar refractivity (Wildman–Crippen MR) is 71.1 cm³/mol. The maximum absolute atomic E-state index is 11.9. The number of anilines is 1. The van der Waals surface area contributed by atoms with Crippen molar-refractivity contribution in [2.75, 3.05) is 11.4 Å². The molecule has 0 N–H and O–H groups in total. The summed E-state index contributed by atoms with van der Waals surface area (Å²) in [6, 6.07) is 0. The Morgan fingerprint density at radius 3 is 2.89 bits per heavy atom. The second-order valence-electron chi connectivity index (χ2n) is 3.74. The summed E-state index contributed by atoms with van der Waals surface area (Å²) in [5, 5.41) is 0.180. The van der Waals surface area contributed by atoms with Gasteiger partial charge in [-0.15, -0.1) is 0 Å². The highest BCUT2D eigenvalue weighted by molar-refractivity contribution is 8.14. The Kier molecular flexibility index (Phi) is 4.09. The standard InChI is InChI=1S/C10H9Cl2N3O2S/c1-5(16)18-6-2-7(17)15(3-6)10-8(11)9(12)13-4-14-10/h4,6H,2-3H2,1H3. The summed E-state index contributed by atoms with van der Waals surface area (Å²) in [6.45, 7) is 1.88. The van der Waals surface area contributed by atoms with Crippen LogP contribution in [0.15, 0.2) is 6.33 Å². The molecule has 0 saturated carbocycles. The molecule has 96 valence electrons. The lowest BCUT2D eigenvalue weighted by Crippen LogP contribution is -2.26. The first-order valence-corrected chi connectivity index (χ1v) is 6.76. The average molecular weight is 306 g/mol. The van der Waals surface area contributed by atoms with Crippen molar-refractivity contribution in [1.82, 2.24) is 9.97 Å². The van der Waals surface area contributed by atoms with Crippen molar-refractivity contribution in [3.05, 3.63) is 16.5 Å². The van der Waals surface area contributed by atoms with Gasteiger partial charge in [-0.2, -0.15) is 0 Å². The van der Waals surface area contributed by atoms with Gasteiger partial charge in [-0.3, -0.25) is 14.5 Å². The zero-order valence-corrected chi connectivity index (χ0v) is 11.7. The van der Waals surface area contributed by atoms with Crippen LogP contribution in [0.25, 0.3) is 0 Å². The lowest BCUT2D eigenvalue weighted by molar-refractivity contribution is -0.117. The average Bonchev–Trinajstić information content (AvgIpc) is 2.62. The predicted octanol–water partition coefficient (Wildman–Crippen LogP) is 2.17. The third kappa shape index (κ3) is 2.76. The van der Waals surface area contributed by atoms with Crippen LogP contribution in [-0.4, -0.2) is 32.8 Å². The summed E-state index contributed by atoms with van der Waals surface area (Å²) in [5.41, 5.74) is 0. The fourth-order valence-corrected chi connectivity index (χ4v) is 2.97. The number of rotatable bonds is 2. The van der Waals surface area contributed by atoms with Gasteiger partial charge >= 0.3 is 0 Å². The van der Waals surface area contributed by atoms with Crippen LogP contribution in [0.2, 0.25) is 10.2 Å². The van der Waals surface area contributed by atoms with Gasteiger partial charge in [0.1, 0.15) is 11.3 Å². The van der Waals surface area contributed by atoms with E-state index in [4.69, 9.17) is 23.2 Å². The van der Waals surface area contributed by atoms with Crippen LogP contribution in [0.5, 0.6) is 0 Å². The van der Waals surface area contributed by atoms with Gasteiger partial charge in [0.25, 0.3) is 0 Å². The molecule has 1 fully saturated rings. The van der Waals surface area contributed by atoms with Crippen LogP contribution in [0, 0.1) is 0 Å². The van der Waals surface area contributed by atoms with Crippen molar-refractivity contribution in [3.8, 4) is 0 Å². The molecule has 1 aliphatic heterocycles. The number of thioether (sulfide) groups is 1. The fraction of sp³-hybridized carbons (Fsp3) is 0.400. The maximum Gasteiger partial charge on any atom is 0.229 e. The Bertz CT molecular complexity index is 512. The Balaban J connectivity index is 2.22. The van der Waals surface area contributed by atoms with Gasteiger partial charge in [0.05, 0.1) is 0 Å². The number of carbonyl (C=O) groups excluding carboxylic acids is 2. The van der Waals surface area contributed by atoms with E-state index in [0.717, 1.165) is 11.8 Å². The highest BCUT2D eigenvalue weighted by atomic mass is 35.5. The van der Waals surface area contributed by atoms with Crippen molar-refractivity contribution in [2.45, 2.75) is 18.6 Å². The first-order valence-electron chi connectivity index (χ1n) is 5.12. The van der Waals surface area contributed by atoms with Crippen LogP contribution < -0.4 is 4.90 Å². The van der Waals surface area contributed by atoms with E-state index in [1.54, 1.807) is 0 Å². The number of hydrogen-bond donors (Lipinski definition) is 0. The number of hydrogen-bond acceptors (Lipinski definition) is 5. The molecule has 1 unspecified atom stereocenters. The first-order chi connectivity index (χ1) is 8.49. The molecule has 1 aromatic rings. The van der Waals surface area contributed by atoms with Gasteiger partial charge in [0, 0.05) is 25.1 Å². The monoisotopic (exact) mass is 305 g/mol. The van der Waals surface area contributed by atoms with Crippen molar-refractivity contribution < 1.29 is 9.59 Å². The van der Waals surface area contributed by atoms with E-state index in [9.17, 15) is 9.59 Å². The number of carbonyl (C=O) groups is 2. The molecular formula is C10H9Cl2N3O2S. The topological polar surface area (TPSA) is 63.2 Å². The van der Waals surface area contributed by atoms with Crippen molar-refractivity contribution in [3.63, 3.8) is 0 Å². The molecule has 5 nitrogen and oxygen atoms in total. The number of amides is 1. The van der Waals surface area contributed by atoms with Gasteiger partial charge in [0.15, 0.2) is 16.1 Å². The van der Waals surface area contributed by atoms with Crippen LogP contribution in [0.4, 0.5) is 5.82 Å². The quantitative estimate of drug-likeness (QED) is 0.784. The third-order valence-corrected chi connectivity index (χ3v) is 4.12. The molecule has 1 saturated heterocycles. The third-order valence-electron chi connectivity index (χ3n) is 2.41. The zero-order valence-electron chi connectivity index (χ0n) is 9.39. The van der Waals surface area contributed by atoms with E-state index in [2.05, 4.69) is 9.97 Å². The normalized spacial score (nSPS) is 19.4. The van der Waals surface area contributed by atoms with E-state index < -0.39 is 0 Å². The molecule has 0 radical (unpaired) electrons. The number of aromatic nitrogens is 2. The molecular weight excluding hydrogens is 297 g/mol. The van der Waals surface area contributed by atoms with E-state index >= 15 is 0 Å². The molecule has 0 aromatic carbocycles. The van der Waals surface area contributed by atoms with Gasteiger partial charge in [0.2, 0.25) is 5.91 Å². The molecule has 1 atom stereocenters. The van der Waals surface area contributed by atoms with Gasteiger partial charge in [-0.25, -0.2) is 9.97 Å². The molecule has 18 heavy (non-hydrogen) atoms. The minimum Gasteiger partial charge on any atom is -0.294 e. The summed E-state index contributed by atoms with van der Waals surface area (Å²) in [4.78, 5) is 32.0. The number of nitrogens with zero attached hydrogens (tertiary/aromatic N) is 3. The minimum atomic E-state index is -0.120. The summed E-state index contributed by atoms with van der Waals surface area (Å²) in [5.74, 6) is 0.179. The van der Waals surface area contributed by atoms with E-state index in [-0.39, 0.29) is 26.4 Å². The molecule has 1 aromatic heterocycles. The van der Waals surface area contributed by atoms with E-state index in [1.165, 1.54) is 18.2 Å². The first kappa shape index (κ1) is 13.6. The molecule has 2 heterocycles. The molecule has 8 heteroatoms. The largest absolute Gasteiger partial charge is 0.294 e. The van der Waals surface area contributed by atoms with Crippen LogP contribution >= 0.6 is 35.0 Å². The van der Waals surface area contributed by atoms with Crippen LogP contribution in [0.3, 0.4) is 0 Å². The summed E-state index contributed by atoms with van der Waals surface area (Å²) in [6.07, 6.45) is 1.55. The van der Waals surface area contributed by atoms with Crippen LogP contribution in [0.1, 0.15) is 13.3 Å². The molecule has 2 rings (SSSR count). The van der Waals surface area contributed by atoms with Gasteiger partial charge < -0.3 is 0 Å². The Morgan fingerprint density at radius 2 is 2.22 bits per heavy atom. The maximum atomic E-state index is 11.9. The second-order valence-corrected chi connectivity index (χ2v) is 5.96. The minimum absolute atomic E-state index is 0.0125. The molecule has 1 aliphatic rings. The van der Waals surface area contributed by atoms with Crippen molar-refractivity contribution in [1.29, 1.82) is 0 Å². The lowest BCUT2D eigenvalue weighted by atomic mass is 10.4. The summed E-state index contributed by atoms with van der Waals surface area (Å²) < 4.78 is 0. The molecule has 0 bridgehead atoms. The van der Waals surface area contributed by atoms with Crippen LogP contribution in [-0.2, 0) is 9.59 Å². The Hall–Kier alpha value is -0.850. The van der Waals surface area contributed by atoms with E-state index in [1.807, 2.05) is 0 Å². The van der Waals surface area contributed by atoms with E-state index in [0.29, 0.717) is 18.8 Å². The summed E-state index contributed by atoms with van der Waals surface area (Å²) in [7, 11) is 0. The Morgan fingerprint density at radius 1 is 1.50 bits per heavy atom. The lowest BCUT2D eigenvalue weighted by Gasteiger charge is -2.16. The SMILES string of the molecule is CC(=O)SC1CC(=O)N(c2ncnc(Cl)c2Cl)C1. The molecule has 0 aliphatic carbocycles. The zero-order chi connectivity index (χ0) is 13.3. The summed E-state index contributed by atoms with van der Waals surface area (Å²) >= 11 is 12.9. The van der Waals surface area contributed by atoms with Gasteiger partial charge in [-0.1, -0.05) is 35.0 Å². The van der Waals surface area contributed by atoms with Crippen molar-refractivity contribution in [2.24, 2.45) is 0 Å². The van der Waals surface area contributed by atoms with Gasteiger partial charge in [-0.05, 0) is 0 Å². The Labute approximate surface area is 118 Å². The number of halogens is 2. The smallest absolute Gasteiger partial charge is 0.229 e. The second kappa shape index (κ2) is 5.42. The fourth-order valence-electron chi connectivity index (χ4n) is 1.72. The van der Waals surface area contributed by atoms with Crippen molar-refractivity contribution >= 4 is 51.8 Å².